The molecule has 168 valence electrons. The molecular weight excluding hydrogens is 416 g/mol. The fourth-order valence-corrected chi connectivity index (χ4v) is 4.20. The second kappa shape index (κ2) is 8.99. The summed E-state index contributed by atoms with van der Waals surface area (Å²) in [7, 11) is 3.49. The zero-order valence-corrected chi connectivity index (χ0v) is 18.8. The highest BCUT2D eigenvalue weighted by atomic mass is 16.5. The molecule has 0 saturated carbocycles. The topological polar surface area (TPSA) is 76.4 Å². The standard InChI is InChI=1S/C25H26N6O2/c1-29-24-22(16-27-29)21(15-23(28-24)18-6-8-20(33-2)9-7-18)25(32)31-13-11-30(12-14-31)17-19-5-3-4-10-26-19/h3-10,15-16H,11-14,17H2,1-2H3. The molecule has 4 heterocycles. The van der Waals surface area contributed by atoms with Gasteiger partial charge in [-0.2, -0.15) is 5.10 Å². The van der Waals surface area contributed by atoms with Gasteiger partial charge in [0.2, 0.25) is 0 Å². The van der Waals surface area contributed by atoms with E-state index < -0.39 is 0 Å². The Hall–Kier alpha value is -3.78. The molecule has 1 aromatic carbocycles. The highest BCUT2D eigenvalue weighted by Gasteiger charge is 2.25. The van der Waals surface area contributed by atoms with Crippen molar-refractivity contribution in [1.82, 2.24) is 29.5 Å². The van der Waals surface area contributed by atoms with Crippen LogP contribution in [0.3, 0.4) is 0 Å². The van der Waals surface area contributed by atoms with Crippen LogP contribution in [0.25, 0.3) is 22.3 Å². The Morgan fingerprint density at radius 3 is 2.55 bits per heavy atom. The molecule has 0 spiro atoms. The minimum Gasteiger partial charge on any atom is -0.497 e. The molecule has 33 heavy (non-hydrogen) atoms. The van der Waals surface area contributed by atoms with E-state index in [1.54, 1.807) is 18.0 Å². The van der Waals surface area contributed by atoms with Crippen LogP contribution in [0.2, 0.25) is 0 Å². The second-order valence-electron chi connectivity index (χ2n) is 8.18. The van der Waals surface area contributed by atoms with E-state index in [1.807, 2.05) is 66.7 Å². The molecule has 3 aromatic heterocycles. The summed E-state index contributed by atoms with van der Waals surface area (Å²) in [6, 6.07) is 15.5. The maximum absolute atomic E-state index is 13.6. The third kappa shape index (κ3) is 4.29. The first-order valence-electron chi connectivity index (χ1n) is 11.0. The maximum Gasteiger partial charge on any atom is 0.254 e. The Labute approximate surface area is 192 Å². The van der Waals surface area contributed by atoms with Crippen LogP contribution in [0.5, 0.6) is 5.75 Å². The molecule has 0 radical (unpaired) electrons. The third-order valence-corrected chi connectivity index (χ3v) is 6.09. The van der Waals surface area contributed by atoms with Crippen molar-refractivity contribution < 1.29 is 9.53 Å². The van der Waals surface area contributed by atoms with Crippen LogP contribution in [0.15, 0.2) is 60.9 Å². The van der Waals surface area contributed by atoms with Crippen molar-refractivity contribution in [2.24, 2.45) is 7.05 Å². The number of carbonyl (C=O) groups excluding carboxylic acids is 1. The van der Waals surface area contributed by atoms with Gasteiger partial charge in [0, 0.05) is 51.5 Å². The number of carbonyl (C=O) groups is 1. The number of ether oxygens (including phenoxy) is 1. The lowest BCUT2D eigenvalue weighted by molar-refractivity contribution is 0.0629. The maximum atomic E-state index is 13.6. The van der Waals surface area contributed by atoms with E-state index in [0.717, 1.165) is 47.7 Å². The van der Waals surface area contributed by atoms with E-state index in [9.17, 15) is 4.79 Å². The SMILES string of the molecule is COc1ccc(-c2cc(C(=O)N3CCN(Cc4ccccn4)CC3)c3cnn(C)c3n2)cc1. The quantitative estimate of drug-likeness (QED) is 0.473. The fourth-order valence-electron chi connectivity index (χ4n) is 4.20. The van der Waals surface area contributed by atoms with Crippen LogP contribution in [0, 0.1) is 0 Å². The van der Waals surface area contributed by atoms with Crippen molar-refractivity contribution in [3.8, 4) is 17.0 Å². The van der Waals surface area contributed by atoms with Gasteiger partial charge >= 0.3 is 0 Å². The van der Waals surface area contributed by atoms with Crippen LogP contribution in [-0.4, -0.2) is 68.7 Å². The van der Waals surface area contributed by atoms with Gasteiger partial charge in [-0.15, -0.1) is 0 Å². The van der Waals surface area contributed by atoms with E-state index in [-0.39, 0.29) is 5.91 Å². The van der Waals surface area contributed by atoms with E-state index in [1.165, 1.54) is 0 Å². The van der Waals surface area contributed by atoms with Crippen molar-refractivity contribution in [2.45, 2.75) is 6.54 Å². The summed E-state index contributed by atoms with van der Waals surface area (Å²) in [4.78, 5) is 27.0. The summed E-state index contributed by atoms with van der Waals surface area (Å²) in [5.41, 5.74) is 4.05. The molecule has 5 rings (SSSR count). The number of nitrogens with zero attached hydrogens (tertiary/aromatic N) is 6. The lowest BCUT2D eigenvalue weighted by atomic mass is 10.1. The molecule has 1 fully saturated rings. The first kappa shape index (κ1) is 21.1. The van der Waals surface area contributed by atoms with Crippen molar-refractivity contribution in [3.63, 3.8) is 0 Å². The molecule has 4 aromatic rings. The summed E-state index contributed by atoms with van der Waals surface area (Å²) in [5.74, 6) is 0.794. The predicted octanol–water partition coefficient (Wildman–Crippen LogP) is 3.00. The zero-order valence-electron chi connectivity index (χ0n) is 18.8. The lowest BCUT2D eigenvalue weighted by Gasteiger charge is -2.34. The molecule has 1 saturated heterocycles. The normalized spacial score (nSPS) is 14.5. The number of aryl methyl sites for hydroxylation is 1. The third-order valence-electron chi connectivity index (χ3n) is 6.09. The van der Waals surface area contributed by atoms with Gasteiger partial charge in [-0.05, 0) is 42.5 Å². The number of methoxy groups -OCH3 is 1. The summed E-state index contributed by atoms with van der Waals surface area (Å²) in [6.07, 6.45) is 3.54. The molecule has 1 amide bonds. The molecule has 0 unspecified atom stereocenters. The molecular formula is C25H26N6O2. The van der Waals surface area contributed by atoms with Crippen LogP contribution < -0.4 is 4.74 Å². The summed E-state index contributed by atoms with van der Waals surface area (Å²) < 4.78 is 6.98. The first-order valence-corrected chi connectivity index (χ1v) is 11.0. The highest BCUT2D eigenvalue weighted by Crippen LogP contribution is 2.27. The minimum absolute atomic E-state index is 0.0163. The Morgan fingerprint density at radius 2 is 1.85 bits per heavy atom. The number of pyridine rings is 2. The van der Waals surface area contributed by atoms with Gasteiger partial charge in [0.15, 0.2) is 5.65 Å². The van der Waals surface area contributed by atoms with Crippen LogP contribution in [-0.2, 0) is 13.6 Å². The number of hydrogen-bond acceptors (Lipinski definition) is 6. The number of piperazine rings is 1. The average Bonchev–Trinajstić information content (AvgIpc) is 3.25. The summed E-state index contributed by atoms with van der Waals surface area (Å²) in [6.45, 7) is 3.78. The van der Waals surface area contributed by atoms with E-state index in [2.05, 4.69) is 15.0 Å². The van der Waals surface area contributed by atoms with Crippen molar-refractivity contribution in [1.29, 1.82) is 0 Å². The summed E-state index contributed by atoms with van der Waals surface area (Å²) in [5, 5.41) is 5.13. The number of benzene rings is 1. The lowest BCUT2D eigenvalue weighted by Crippen LogP contribution is -2.48. The van der Waals surface area contributed by atoms with Crippen molar-refractivity contribution in [3.05, 3.63) is 72.2 Å². The van der Waals surface area contributed by atoms with Crippen LogP contribution in [0.1, 0.15) is 16.1 Å². The number of amides is 1. The van der Waals surface area contributed by atoms with Gasteiger partial charge in [0.25, 0.3) is 5.91 Å². The van der Waals surface area contributed by atoms with Crippen LogP contribution >= 0.6 is 0 Å². The monoisotopic (exact) mass is 442 g/mol. The molecule has 8 nitrogen and oxygen atoms in total. The molecule has 0 N–H and O–H groups in total. The Bertz CT molecular complexity index is 1260. The smallest absolute Gasteiger partial charge is 0.254 e. The second-order valence-corrected chi connectivity index (χ2v) is 8.18. The van der Waals surface area contributed by atoms with E-state index in [0.29, 0.717) is 24.3 Å². The molecule has 8 heteroatoms. The van der Waals surface area contributed by atoms with Crippen molar-refractivity contribution >= 4 is 16.9 Å². The van der Waals surface area contributed by atoms with Gasteiger partial charge in [0.05, 0.1) is 35.6 Å². The Morgan fingerprint density at radius 1 is 1.06 bits per heavy atom. The predicted molar refractivity (Wildman–Crippen MR) is 126 cm³/mol. The van der Waals surface area contributed by atoms with Gasteiger partial charge in [-0.3, -0.25) is 19.4 Å². The van der Waals surface area contributed by atoms with Gasteiger partial charge in [0.1, 0.15) is 5.75 Å². The van der Waals surface area contributed by atoms with Gasteiger partial charge in [-0.25, -0.2) is 4.98 Å². The molecule has 1 aliphatic rings. The largest absolute Gasteiger partial charge is 0.497 e. The summed E-state index contributed by atoms with van der Waals surface area (Å²) >= 11 is 0. The molecule has 0 aliphatic carbocycles. The minimum atomic E-state index is 0.0163. The number of fused-ring (bicyclic) bond motifs is 1. The molecule has 0 bridgehead atoms. The van der Waals surface area contributed by atoms with Crippen LogP contribution in [0.4, 0.5) is 0 Å². The first-order chi connectivity index (χ1) is 16.1. The zero-order chi connectivity index (χ0) is 22.8. The molecule has 1 aliphatic heterocycles. The van der Waals surface area contributed by atoms with E-state index >= 15 is 0 Å². The fraction of sp³-hybridized carbons (Fsp3) is 0.280. The van der Waals surface area contributed by atoms with Gasteiger partial charge < -0.3 is 9.64 Å². The Balaban J connectivity index is 1.39. The van der Waals surface area contributed by atoms with Crippen molar-refractivity contribution in [2.75, 3.05) is 33.3 Å². The number of aromatic nitrogens is 4. The number of rotatable bonds is 5. The van der Waals surface area contributed by atoms with E-state index in [4.69, 9.17) is 9.72 Å². The number of hydrogen-bond donors (Lipinski definition) is 0. The highest BCUT2D eigenvalue weighted by molar-refractivity contribution is 6.06. The van der Waals surface area contributed by atoms with Gasteiger partial charge in [-0.1, -0.05) is 6.07 Å². The average molecular weight is 443 g/mol. The Kier molecular flexibility index (Phi) is 5.75. The molecule has 0 atom stereocenters.